The molecule has 0 bridgehead atoms. The number of amides is 2. The van der Waals surface area contributed by atoms with Crippen molar-refractivity contribution in [1.82, 2.24) is 0 Å². The molecule has 5 heteroatoms. The van der Waals surface area contributed by atoms with Crippen LogP contribution in [0, 0.1) is 26.6 Å². The predicted octanol–water partition coefficient (Wildman–Crippen LogP) is 3.49. The molecule has 0 spiro atoms. The number of benzene rings is 2. The first-order chi connectivity index (χ1) is 11.4. The molecule has 24 heavy (non-hydrogen) atoms. The van der Waals surface area contributed by atoms with Crippen molar-refractivity contribution < 1.29 is 14.0 Å². The van der Waals surface area contributed by atoms with Crippen molar-refractivity contribution in [2.75, 3.05) is 10.2 Å². The van der Waals surface area contributed by atoms with Gasteiger partial charge in [-0.1, -0.05) is 29.8 Å². The second-order valence-corrected chi connectivity index (χ2v) is 6.19. The maximum absolute atomic E-state index is 13.9. The van der Waals surface area contributed by atoms with Crippen molar-refractivity contribution in [3.05, 3.63) is 58.9 Å². The Balaban J connectivity index is 1.89. The summed E-state index contributed by atoms with van der Waals surface area (Å²) in [6.45, 7) is 5.92. The highest BCUT2D eigenvalue weighted by Gasteiger charge is 2.40. The van der Waals surface area contributed by atoms with E-state index in [9.17, 15) is 14.0 Å². The number of hydrogen-bond acceptors (Lipinski definition) is 3. The Morgan fingerprint density at radius 2 is 1.71 bits per heavy atom. The molecule has 4 nitrogen and oxygen atoms in total. The van der Waals surface area contributed by atoms with Gasteiger partial charge in [0.2, 0.25) is 5.91 Å². The Morgan fingerprint density at radius 3 is 2.33 bits per heavy atom. The summed E-state index contributed by atoms with van der Waals surface area (Å²) in [6, 6.07) is 9.17. The van der Waals surface area contributed by atoms with E-state index in [0.717, 1.165) is 27.3 Å². The van der Waals surface area contributed by atoms with Gasteiger partial charge in [0.1, 0.15) is 11.9 Å². The summed E-state index contributed by atoms with van der Waals surface area (Å²) in [4.78, 5) is 25.8. The van der Waals surface area contributed by atoms with Crippen LogP contribution in [0.15, 0.2) is 36.4 Å². The molecule has 0 aliphatic carbocycles. The van der Waals surface area contributed by atoms with E-state index in [4.69, 9.17) is 0 Å². The Bertz CT molecular complexity index is 809. The number of halogens is 1. The number of carbonyl (C=O) groups excluding carboxylic acids is 2. The predicted molar refractivity (Wildman–Crippen MR) is 91.6 cm³/mol. The molecule has 124 valence electrons. The molecular weight excluding hydrogens is 307 g/mol. The van der Waals surface area contributed by atoms with Crippen LogP contribution >= 0.6 is 0 Å². The molecule has 0 radical (unpaired) electrons. The van der Waals surface area contributed by atoms with Gasteiger partial charge in [0.25, 0.3) is 5.91 Å². The second-order valence-electron chi connectivity index (χ2n) is 6.19. The summed E-state index contributed by atoms with van der Waals surface area (Å²) in [7, 11) is 0. The number of imide groups is 1. The largest absolute Gasteiger partial charge is 0.373 e. The quantitative estimate of drug-likeness (QED) is 0.878. The molecule has 2 aromatic rings. The monoisotopic (exact) mass is 326 g/mol. The fourth-order valence-corrected chi connectivity index (χ4v) is 3.21. The van der Waals surface area contributed by atoms with Crippen molar-refractivity contribution in [3.63, 3.8) is 0 Å². The van der Waals surface area contributed by atoms with Crippen LogP contribution in [-0.4, -0.2) is 17.9 Å². The first-order valence-corrected chi connectivity index (χ1v) is 7.84. The Kier molecular flexibility index (Phi) is 4.09. The van der Waals surface area contributed by atoms with Crippen molar-refractivity contribution in [3.8, 4) is 0 Å². The van der Waals surface area contributed by atoms with Gasteiger partial charge < -0.3 is 5.32 Å². The van der Waals surface area contributed by atoms with E-state index in [-0.39, 0.29) is 12.1 Å². The minimum atomic E-state index is -0.683. The van der Waals surface area contributed by atoms with Gasteiger partial charge in [-0.2, -0.15) is 0 Å². The van der Waals surface area contributed by atoms with Crippen molar-refractivity contribution >= 4 is 23.2 Å². The molecular formula is C19H19FN2O2. The molecule has 0 unspecified atom stereocenters. The third kappa shape index (κ3) is 2.77. The van der Waals surface area contributed by atoms with E-state index in [0.29, 0.717) is 0 Å². The number of nitrogens with zero attached hydrogens (tertiary/aromatic N) is 1. The summed E-state index contributed by atoms with van der Waals surface area (Å²) in [6.07, 6.45) is 0.0138. The SMILES string of the molecule is Cc1cc(C)c(N[C@H]2CC(=O)N(c3ccccc3F)C2=O)c(C)c1. The molecule has 3 rings (SSSR count). The van der Waals surface area contributed by atoms with Crippen LogP contribution in [0.25, 0.3) is 0 Å². The first kappa shape index (κ1) is 16.2. The van der Waals surface area contributed by atoms with Crippen LogP contribution in [0.1, 0.15) is 23.1 Å². The molecule has 1 heterocycles. The van der Waals surface area contributed by atoms with E-state index in [1.165, 1.54) is 18.2 Å². The molecule has 0 aromatic heterocycles. The molecule has 2 aromatic carbocycles. The zero-order valence-corrected chi connectivity index (χ0v) is 13.9. The topological polar surface area (TPSA) is 49.4 Å². The van der Waals surface area contributed by atoms with Crippen molar-refractivity contribution in [1.29, 1.82) is 0 Å². The number of aryl methyl sites for hydroxylation is 3. The maximum Gasteiger partial charge on any atom is 0.256 e. The van der Waals surface area contributed by atoms with Gasteiger partial charge in [0.15, 0.2) is 0 Å². The van der Waals surface area contributed by atoms with Crippen LogP contribution in [0.2, 0.25) is 0 Å². The average molecular weight is 326 g/mol. The number of para-hydroxylation sites is 1. The lowest BCUT2D eigenvalue weighted by molar-refractivity contribution is -0.121. The minimum Gasteiger partial charge on any atom is -0.373 e. The minimum absolute atomic E-state index is 0.00847. The molecule has 0 saturated carbocycles. The highest BCUT2D eigenvalue weighted by Crippen LogP contribution is 2.29. The van der Waals surface area contributed by atoms with Crippen LogP contribution < -0.4 is 10.2 Å². The van der Waals surface area contributed by atoms with Gasteiger partial charge in [-0.05, 0) is 44.0 Å². The summed E-state index contributed by atoms with van der Waals surface area (Å²) >= 11 is 0. The van der Waals surface area contributed by atoms with Crippen LogP contribution in [-0.2, 0) is 9.59 Å². The van der Waals surface area contributed by atoms with Crippen LogP contribution in [0.5, 0.6) is 0 Å². The number of hydrogen-bond donors (Lipinski definition) is 1. The van der Waals surface area contributed by atoms with E-state index < -0.39 is 23.7 Å². The third-order valence-electron chi connectivity index (χ3n) is 4.24. The number of rotatable bonds is 3. The Labute approximate surface area is 140 Å². The molecule has 1 aliphatic rings. The van der Waals surface area contributed by atoms with E-state index in [2.05, 4.69) is 5.32 Å². The number of carbonyl (C=O) groups is 2. The zero-order valence-electron chi connectivity index (χ0n) is 13.9. The Hall–Kier alpha value is -2.69. The first-order valence-electron chi connectivity index (χ1n) is 7.84. The van der Waals surface area contributed by atoms with Crippen LogP contribution in [0.4, 0.5) is 15.8 Å². The van der Waals surface area contributed by atoms with E-state index >= 15 is 0 Å². The van der Waals surface area contributed by atoms with Crippen LogP contribution in [0.3, 0.4) is 0 Å². The lowest BCUT2D eigenvalue weighted by Gasteiger charge is -2.19. The molecule has 1 atom stereocenters. The number of nitrogens with one attached hydrogen (secondary N) is 1. The lowest BCUT2D eigenvalue weighted by atomic mass is 10.0. The maximum atomic E-state index is 13.9. The zero-order chi connectivity index (χ0) is 17.4. The smallest absolute Gasteiger partial charge is 0.256 e. The second kappa shape index (κ2) is 6.07. The molecule has 1 saturated heterocycles. The Morgan fingerprint density at radius 1 is 1.08 bits per heavy atom. The lowest BCUT2D eigenvalue weighted by Crippen LogP contribution is -2.35. The van der Waals surface area contributed by atoms with Crippen molar-refractivity contribution in [2.24, 2.45) is 0 Å². The van der Waals surface area contributed by atoms with Gasteiger partial charge in [0, 0.05) is 5.69 Å². The molecule has 1 N–H and O–H groups in total. The van der Waals surface area contributed by atoms with E-state index in [1.807, 2.05) is 32.9 Å². The highest BCUT2D eigenvalue weighted by atomic mass is 19.1. The van der Waals surface area contributed by atoms with E-state index in [1.54, 1.807) is 6.07 Å². The normalized spacial score (nSPS) is 17.5. The third-order valence-corrected chi connectivity index (χ3v) is 4.24. The van der Waals surface area contributed by atoms with Gasteiger partial charge in [0.05, 0.1) is 12.1 Å². The summed E-state index contributed by atoms with van der Waals surface area (Å²) in [5.74, 6) is -1.41. The van der Waals surface area contributed by atoms with Gasteiger partial charge in [-0.25, -0.2) is 9.29 Å². The average Bonchev–Trinajstić information content (AvgIpc) is 2.78. The summed E-state index contributed by atoms with van der Waals surface area (Å²) in [5, 5.41) is 3.17. The summed E-state index contributed by atoms with van der Waals surface area (Å²) in [5.41, 5.74) is 4.02. The van der Waals surface area contributed by atoms with Crippen molar-refractivity contribution in [2.45, 2.75) is 33.2 Å². The van der Waals surface area contributed by atoms with Gasteiger partial charge in [-0.15, -0.1) is 0 Å². The fourth-order valence-electron chi connectivity index (χ4n) is 3.21. The molecule has 1 fully saturated rings. The summed E-state index contributed by atoms with van der Waals surface area (Å²) < 4.78 is 13.9. The molecule has 1 aliphatic heterocycles. The van der Waals surface area contributed by atoms with Gasteiger partial charge in [-0.3, -0.25) is 9.59 Å². The number of anilines is 2. The van der Waals surface area contributed by atoms with Gasteiger partial charge >= 0.3 is 0 Å². The fraction of sp³-hybridized carbons (Fsp3) is 0.263. The highest BCUT2D eigenvalue weighted by molar-refractivity contribution is 6.23. The molecule has 2 amide bonds. The standard InChI is InChI=1S/C19H19FN2O2/c1-11-8-12(2)18(13(3)9-11)21-15-10-17(23)22(19(15)24)16-7-5-4-6-14(16)20/h4-9,15,21H,10H2,1-3H3/t15-/m0/s1.